The molecule has 5 aromatic rings. The maximum absolute atomic E-state index is 11.4. The second-order valence-corrected chi connectivity index (χ2v) is 10.1. The molecule has 3 heteroatoms. The van der Waals surface area contributed by atoms with Gasteiger partial charge in [-0.1, -0.05) is 96.6 Å². The number of ether oxygens (including phenoxy) is 1. The first-order valence-electron chi connectivity index (χ1n) is 13.7. The van der Waals surface area contributed by atoms with E-state index in [4.69, 9.17) is 4.74 Å². The molecule has 0 aliphatic heterocycles. The van der Waals surface area contributed by atoms with Gasteiger partial charge in [0.05, 0.1) is 0 Å². The van der Waals surface area contributed by atoms with E-state index in [1.807, 2.05) is 30.3 Å². The lowest BCUT2D eigenvalue weighted by molar-refractivity contribution is -0.134. The molecule has 41 heavy (non-hydrogen) atoms. The highest BCUT2D eigenvalue weighted by molar-refractivity contribution is 5.92. The average Bonchev–Trinajstić information content (AvgIpc) is 2.99. The van der Waals surface area contributed by atoms with Crippen molar-refractivity contribution in [2.75, 3.05) is 4.90 Å². The van der Waals surface area contributed by atoms with Crippen LogP contribution in [0.4, 0.5) is 17.1 Å². The van der Waals surface area contributed by atoms with Crippen LogP contribution in [-0.2, 0) is 9.53 Å². The molecule has 0 amide bonds. The van der Waals surface area contributed by atoms with Crippen LogP contribution in [0.5, 0.6) is 0 Å². The van der Waals surface area contributed by atoms with Crippen molar-refractivity contribution in [3.8, 4) is 0 Å². The number of carbonyl (C=O) groups is 1. The van der Waals surface area contributed by atoms with Crippen molar-refractivity contribution < 1.29 is 9.53 Å². The van der Waals surface area contributed by atoms with Gasteiger partial charge in [0.25, 0.3) is 0 Å². The maximum atomic E-state index is 11.4. The predicted molar refractivity (Wildman–Crippen MR) is 171 cm³/mol. The zero-order valence-corrected chi connectivity index (χ0v) is 23.7. The van der Waals surface area contributed by atoms with Gasteiger partial charge in [-0.05, 0) is 90.7 Å². The minimum absolute atomic E-state index is 0.338. The van der Waals surface area contributed by atoms with Gasteiger partial charge in [0, 0.05) is 29.5 Å². The molecule has 0 saturated heterocycles. The van der Waals surface area contributed by atoms with Crippen molar-refractivity contribution in [1.29, 1.82) is 0 Å². The van der Waals surface area contributed by atoms with E-state index in [1.54, 1.807) is 0 Å². The van der Waals surface area contributed by atoms with Crippen molar-refractivity contribution in [2.45, 2.75) is 20.8 Å². The zero-order valence-electron chi connectivity index (χ0n) is 23.7. The fourth-order valence-electron chi connectivity index (χ4n) is 4.74. The number of rotatable bonds is 8. The third-order valence-electron chi connectivity index (χ3n) is 6.92. The molecule has 0 spiro atoms. The number of hydrogen-bond donors (Lipinski definition) is 0. The van der Waals surface area contributed by atoms with Crippen LogP contribution in [0.2, 0.25) is 0 Å². The fraction of sp³-hybridized carbons (Fsp3) is 0.0789. The molecular weight excluding hydrogens is 502 g/mol. The highest BCUT2D eigenvalue weighted by Crippen LogP contribution is 2.36. The molecule has 0 N–H and O–H groups in total. The first kappa shape index (κ1) is 27.4. The average molecular weight is 536 g/mol. The maximum Gasteiger partial charge on any atom is 0.308 e. The van der Waals surface area contributed by atoms with Crippen LogP contribution in [0.25, 0.3) is 17.4 Å². The Kier molecular flexibility index (Phi) is 8.26. The first-order chi connectivity index (χ1) is 19.9. The lowest BCUT2D eigenvalue weighted by Crippen LogP contribution is -2.10. The van der Waals surface area contributed by atoms with E-state index in [2.05, 4.69) is 128 Å². The third-order valence-corrected chi connectivity index (χ3v) is 6.92. The Labute approximate surface area is 242 Å². The number of carbonyl (C=O) groups excluding carboxylic acids is 1. The standard InChI is InChI=1S/C38H33NO2/c1-27-10-16-34(17-11-27)38(33-8-6-5-7-9-33)26-31-14-22-36(23-15-31)39(35-20-12-28(2)13-21-35)37-24-18-32(19-25-37)29(3)41-30(4)40/h5-26H,3H2,1-2,4H3. The van der Waals surface area contributed by atoms with E-state index >= 15 is 0 Å². The summed E-state index contributed by atoms with van der Waals surface area (Å²) in [6.07, 6.45) is 2.25. The van der Waals surface area contributed by atoms with Crippen molar-refractivity contribution in [3.63, 3.8) is 0 Å². The summed E-state index contributed by atoms with van der Waals surface area (Å²) in [6.45, 7) is 9.46. The normalized spacial score (nSPS) is 11.1. The van der Waals surface area contributed by atoms with E-state index in [0.29, 0.717) is 5.76 Å². The molecule has 0 aliphatic carbocycles. The van der Waals surface area contributed by atoms with Crippen LogP contribution in [-0.4, -0.2) is 5.97 Å². The number of aryl methyl sites for hydroxylation is 2. The third kappa shape index (κ3) is 6.71. The van der Waals surface area contributed by atoms with Crippen molar-refractivity contribution >= 4 is 40.4 Å². The number of nitrogens with zero attached hydrogens (tertiary/aromatic N) is 1. The summed E-state index contributed by atoms with van der Waals surface area (Å²) in [6, 6.07) is 44.1. The Morgan fingerprint density at radius 3 is 1.59 bits per heavy atom. The van der Waals surface area contributed by atoms with E-state index in [-0.39, 0.29) is 5.97 Å². The molecular formula is C38H33NO2. The molecule has 0 radical (unpaired) electrons. The summed E-state index contributed by atoms with van der Waals surface area (Å²) in [5.41, 5.74) is 10.9. The van der Waals surface area contributed by atoms with Crippen LogP contribution < -0.4 is 4.90 Å². The van der Waals surface area contributed by atoms with Crippen LogP contribution in [0, 0.1) is 13.8 Å². The molecule has 0 saturated carbocycles. The second-order valence-electron chi connectivity index (χ2n) is 10.1. The Bertz CT molecular complexity index is 1660. The predicted octanol–water partition coefficient (Wildman–Crippen LogP) is 9.90. The molecule has 0 aromatic heterocycles. The molecule has 0 heterocycles. The quantitative estimate of drug-likeness (QED) is 0.112. The summed E-state index contributed by atoms with van der Waals surface area (Å²) in [4.78, 5) is 13.6. The molecule has 202 valence electrons. The van der Waals surface area contributed by atoms with Gasteiger partial charge in [0.15, 0.2) is 0 Å². The van der Waals surface area contributed by atoms with Crippen molar-refractivity contribution in [1.82, 2.24) is 0 Å². The van der Waals surface area contributed by atoms with E-state index in [9.17, 15) is 4.79 Å². The highest BCUT2D eigenvalue weighted by atomic mass is 16.5. The molecule has 0 aliphatic rings. The summed E-state index contributed by atoms with van der Waals surface area (Å²) < 4.78 is 5.18. The highest BCUT2D eigenvalue weighted by Gasteiger charge is 2.14. The Morgan fingerprint density at radius 1 is 0.610 bits per heavy atom. The lowest BCUT2D eigenvalue weighted by Gasteiger charge is -2.26. The van der Waals surface area contributed by atoms with Gasteiger partial charge in [-0.3, -0.25) is 4.79 Å². The Hall–Kier alpha value is -5.15. The van der Waals surface area contributed by atoms with Gasteiger partial charge in [-0.25, -0.2) is 0 Å². The van der Waals surface area contributed by atoms with E-state index in [0.717, 1.165) is 28.2 Å². The van der Waals surface area contributed by atoms with Crippen molar-refractivity contribution in [2.24, 2.45) is 0 Å². The molecule has 0 fully saturated rings. The number of esters is 1. The monoisotopic (exact) mass is 535 g/mol. The first-order valence-corrected chi connectivity index (χ1v) is 13.7. The minimum Gasteiger partial charge on any atom is -0.427 e. The van der Waals surface area contributed by atoms with Gasteiger partial charge < -0.3 is 9.64 Å². The summed E-state index contributed by atoms with van der Waals surface area (Å²) in [7, 11) is 0. The van der Waals surface area contributed by atoms with Crippen LogP contribution in [0.15, 0.2) is 134 Å². The topological polar surface area (TPSA) is 29.5 Å². The summed E-state index contributed by atoms with van der Waals surface area (Å²) in [5, 5.41) is 0. The van der Waals surface area contributed by atoms with Gasteiger partial charge in [0.2, 0.25) is 0 Å². The largest absolute Gasteiger partial charge is 0.427 e. The number of benzene rings is 5. The van der Waals surface area contributed by atoms with Crippen LogP contribution in [0.3, 0.4) is 0 Å². The Morgan fingerprint density at radius 2 is 1.05 bits per heavy atom. The zero-order chi connectivity index (χ0) is 28.8. The second kappa shape index (κ2) is 12.4. The molecule has 0 bridgehead atoms. The number of hydrogen-bond acceptors (Lipinski definition) is 3. The van der Waals surface area contributed by atoms with Crippen LogP contribution >= 0.6 is 0 Å². The molecule has 5 aromatic carbocycles. The van der Waals surface area contributed by atoms with Gasteiger partial charge in [-0.15, -0.1) is 0 Å². The van der Waals surface area contributed by atoms with Gasteiger partial charge in [-0.2, -0.15) is 0 Å². The Balaban J connectivity index is 1.52. The van der Waals surface area contributed by atoms with Gasteiger partial charge >= 0.3 is 5.97 Å². The van der Waals surface area contributed by atoms with E-state index < -0.39 is 0 Å². The fourth-order valence-corrected chi connectivity index (χ4v) is 4.74. The minimum atomic E-state index is -0.382. The van der Waals surface area contributed by atoms with E-state index in [1.165, 1.54) is 34.8 Å². The molecule has 3 nitrogen and oxygen atoms in total. The van der Waals surface area contributed by atoms with Gasteiger partial charge in [0.1, 0.15) is 5.76 Å². The summed E-state index contributed by atoms with van der Waals surface area (Å²) >= 11 is 0. The SMILES string of the molecule is C=C(OC(C)=O)c1ccc(N(c2ccc(C)cc2)c2ccc(C=C(c3ccccc3)c3ccc(C)cc3)cc2)cc1. The lowest BCUT2D eigenvalue weighted by atomic mass is 9.95. The number of anilines is 3. The molecule has 0 unspecified atom stereocenters. The van der Waals surface area contributed by atoms with Crippen LogP contribution in [0.1, 0.15) is 40.3 Å². The molecule has 0 atom stereocenters. The molecule has 5 rings (SSSR count). The smallest absolute Gasteiger partial charge is 0.308 e. The summed E-state index contributed by atoms with van der Waals surface area (Å²) in [5.74, 6) is -0.0443. The van der Waals surface area contributed by atoms with Crippen molar-refractivity contribution in [3.05, 3.63) is 167 Å².